The fourth-order valence-electron chi connectivity index (χ4n) is 4.17. The number of thiazole rings is 1. The maximum absolute atomic E-state index is 14.8. The van der Waals surface area contributed by atoms with Gasteiger partial charge in [0.1, 0.15) is 15.0 Å². The van der Waals surface area contributed by atoms with E-state index in [0.29, 0.717) is 12.1 Å². The zero-order chi connectivity index (χ0) is 24.6. The quantitative estimate of drug-likeness (QED) is 0.356. The van der Waals surface area contributed by atoms with Crippen molar-refractivity contribution >= 4 is 73.5 Å². The standard InChI is InChI=1S/C18H20Cl3FN4O2S2.CH2O2/c1-26(2)15-6-10-9(18(10,20)21)5-14(15)24-13-8-12(22)16(7-11(13)19)30(27,28)25-17-23-3-4-29-17;2-1-3/h3-4,7-10,14-15,24H,5-6H2,1-2H3,(H,23,25);1H,(H,2,3)/t9-,10+,14-,15-;/m1./s1. The molecule has 8 nitrogen and oxygen atoms in total. The van der Waals surface area contributed by atoms with Gasteiger partial charge in [-0.25, -0.2) is 17.8 Å². The molecular formula is C19H22Cl3FN4O4S2. The van der Waals surface area contributed by atoms with Gasteiger partial charge in [-0.15, -0.1) is 34.5 Å². The summed E-state index contributed by atoms with van der Waals surface area (Å²) in [7, 11) is -0.227. The first-order chi connectivity index (χ1) is 15.4. The summed E-state index contributed by atoms with van der Waals surface area (Å²) in [6, 6.07) is 2.28. The Bertz CT molecular complexity index is 1100. The van der Waals surface area contributed by atoms with Crippen LogP contribution >= 0.6 is 46.1 Å². The number of fused-ring (bicyclic) bond motifs is 1. The van der Waals surface area contributed by atoms with E-state index in [4.69, 9.17) is 44.7 Å². The second kappa shape index (κ2) is 10.1. The highest BCUT2D eigenvalue weighted by Crippen LogP contribution is 2.65. The number of carbonyl (C=O) groups is 1. The van der Waals surface area contributed by atoms with Gasteiger partial charge in [-0.05, 0) is 50.9 Å². The lowest BCUT2D eigenvalue weighted by molar-refractivity contribution is -0.122. The second-order valence-corrected chi connectivity index (χ2v) is 12.3. The molecule has 4 atom stereocenters. The third kappa shape index (κ3) is 5.66. The van der Waals surface area contributed by atoms with Crippen molar-refractivity contribution in [2.45, 2.75) is 34.2 Å². The second-order valence-electron chi connectivity index (χ2n) is 7.95. The van der Waals surface area contributed by atoms with E-state index >= 15 is 0 Å². The highest BCUT2D eigenvalue weighted by atomic mass is 35.5. The molecule has 0 spiro atoms. The summed E-state index contributed by atoms with van der Waals surface area (Å²) in [4.78, 5) is 13.8. The SMILES string of the molecule is CN(C)[C@@H]1C[C@H]2[C@@H](C[C@H]1Nc1cc(F)c(S(=O)(=O)Nc3nccs3)cc1Cl)C2(Cl)Cl.O=CO. The maximum Gasteiger partial charge on any atom is 0.290 e. The van der Waals surface area contributed by atoms with Crippen LogP contribution in [0.25, 0.3) is 0 Å². The van der Waals surface area contributed by atoms with E-state index in [-0.39, 0.29) is 40.5 Å². The molecule has 4 rings (SSSR count). The van der Waals surface area contributed by atoms with Crippen molar-refractivity contribution in [2.24, 2.45) is 11.8 Å². The van der Waals surface area contributed by atoms with E-state index in [1.807, 2.05) is 14.1 Å². The molecule has 1 heterocycles. The lowest BCUT2D eigenvalue weighted by Crippen LogP contribution is -2.46. The van der Waals surface area contributed by atoms with E-state index in [1.165, 1.54) is 6.20 Å². The number of anilines is 2. The molecule has 3 N–H and O–H groups in total. The number of alkyl halides is 2. The number of aromatic nitrogens is 1. The zero-order valence-electron chi connectivity index (χ0n) is 17.5. The summed E-state index contributed by atoms with van der Waals surface area (Å²) in [5, 5.41) is 12.0. The molecule has 0 bridgehead atoms. The largest absolute Gasteiger partial charge is 0.483 e. The number of hydrogen-bond acceptors (Lipinski definition) is 7. The highest BCUT2D eigenvalue weighted by Gasteiger charge is 2.66. The number of rotatable bonds is 6. The summed E-state index contributed by atoms with van der Waals surface area (Å²) >= 11 is 20.2. The van der Waals surface area contributed by atoms with E-state index in [0.717, 1.165) is 29.9 Å². The van der Waals surface area contributed by atoms with E-state index < -0.39 is 25.1 Å². The van der Waals surface area contributed by atoms with E-state index in [1.54, 1.807) is 5.38 Å². The normalized spacial score (nSPS) is 25.4. The molecule has 33 heavy (non-hydrogen) atoms. The van der Waals surface area contributed by atoms with Crippen molar-refractivity contribution in [3.05, 3.63) is 34.5 Å². The Hall–Kier alpha value is -1.37. The van der Waals surface area contributed by atoms with Crippen LogP contribution in [-0.2, 0) is 14.8 Å². The van der Waals surface area contributed by atoms with Crippen molar-refractivity contribution < 1.29 is 22.7 Å². The van der Waals surface area contributed by atoms with Gasteiger partial charge in [0, 0.05) is 23.7 Å². The molecule has 182 valence electrons. The van der Waals surface area contributed by atoms with Crippen molar-refractivity contribution in [3.63, 3.8) is 0 Å². The monoisotopic (exact) mass is 558 g/mol. The highest BCUT2D eigenvalue weighted by molar-refractivity contribution is 7.93. The fourth-order valence-corrected chi connectivity index (χ4v) is 7.17. The summed E-state index contributed by atoms with van der Waals surface area (Å²) < 4.78 is 41.4. The molecule has 1 aromatic heterocycles. The number of carboxylic acid groups (broad SMARTS) is 1. The number of nitrogens with one attached hydrogen (secondary N) is 2. The van der Waals surface area contributed by atoms with Gasteiger partial charge in [-0.2, -0.15) is 0 Å². The Labute approximate surface area is 210 Å². The predicted molar refractivity (Wildman–Crippen MR) is 129 cm³/mol. The predicted octanol–water partition coefficient (Wildman–Crippen LogP) is 4.36. The maximum atomic E-state index is 14.8. The van der Waals surface area contributed by atoms with Crippen LogP contribution in [0.3, 0.4) is 0 Å². The van der Waals surface area contributed by atoms with Crippen LogP contribution in [0.15, 0.2) is 28.6 Å². The fraction of sp³-hybridized carbons (Fsp3) is 0.474. The van der Waals surface area contributed by atoms with E-state index in [2.05, 4.69) is 19.9 Å². The average Bonchev–Trinajstić information content (AvgIpc) is 3.04. The number of sulfonamides is 1. The van der Waals surface area contributed by atoms with Crippen molar-refractivity contribution in [1.82, 2.24) is 9.88 Å². The summed E-state index contributed by atoms with van der Waals surface area (Å²) in [6.07, 6.45) is 2.97. The van der Waals surface area contributed by atoms with Gasteiger partial charge in [-0.1, -0.05) is 11.6 Å². The Morgan fingerprint density at radius 3 is 2.52 bits per heavy atom. The van der Waals surface area contributed by atoms with Crippen molar-refractivity contribution in [1.29, 1.82) is 0 Å². The van der Waals surface area contributed by atoms with Gasteiger partial charge >= 0.3 is 0 Å². The molecule has 2 aliphatic carbocycles. The van der Waals surface area contributed by atoms with Gasteiger partial charge in [0.25, 0.3) is 16.5 Å². The Kier molecular flexibility index (Phi) is 8.02. The molecular weight excluding hydrogens is 538 g/mol. The Balaban J connectivity index is 0.000000968. The number of nitrogens with zero attached hydrogens (tertiary/aromatic N) is 2. The van der Waals surface area contributed by atoms with E-state index in [9.17, 15) is 12.8 Å². The molecule has 1 aromatic carbocycles. The first-order valence-corrected chi connectivity index (χ1v) is 13.2. The number of likely N-dealkylation sites (N-methyl/N-ethyl adjacent to an activating group) is 1. The van der Waals surface area contributed by atoms with Crippen LogP contribution in [0.2, 0.25) is 5.02 Å². The molecule has 0 saturated heterocycles. The first kappa shape index (κ1) is 26.2. The van der Waals surface area contributed by atoms with Gasteiger partial charge in [-0.3, -0.25) is 9.52 Å². The number of benzene rings is 1. The smallest absolute Gasteiger partial charge is 0.290 e. The molecule has 2 fully saturated rings. The summed E-state index contributed by atoms with van der Waals surface area (Å²) in [5.74, 6) is -0.500. The molecule has 2 aromatic rings. The van der Waals surface area contributed by atoms with Crippen LogP contribution in [0.1, 0.15) is 12.8 Å². The molecule has 2 aliphatic rings. The topological polar surface area (TPSA) is 112 Å². The van der Waals surface area contributed by atoms with Gasteiger partial charge in [0.2, 0.25) is 0 Å². The van der Waals surface area contributed by atoms with Gasteiger partial charge in [0.05, 0.1) is 10.7 Å². The zero-order valence-corrected chi connectivity index (χ0v) is 21.4. The summed E-state index contributed by atoms with van der Waals surface area (Å²) in [5.41, 5.74) is 0.327. The Morgan fingerprint density at radius 1 is 1.30 bits per heavy atom. The van der Waals surface area contributed by atoms with Crippen molar-refractivity contribution in [2.75, 3.05) is 24.1 Å². The molecule has 0 aliphatic heterocycles. The minimum atomic E-state index is -4.16. The molecule has 14 heteroatoms. The first-order valence-electron chi connectivity index (χ1n) is 9.72. The van der Waals surface area contributed by atoms with Crippen LogP contribution < -0.4 is 10.0 Å². The molecule has 0 unspecified atom stereocenters. The lowest BCUT2D eigenvalue weighted by Gasteiger charge is -2.36. The van der Waals surface area contributed by atoms with Crippen LogP contribution in [-0.4, -0.2) is 60.4 Å². The Morgan fingerprint density at radius 2 is 1.94 bits per heavy atom. The average molecular weight is 560 g/mol. The number of halogens is 4. The van der Waals surface area contributed by atoms with Gasteiger partial charge in [0.15, 0.2) is 5.13 Å². The number of hydrogen-bond donors (Lipinski definition) is 3. The summed E-state index contributed by atoms with van der Waals surface area (Å²) in [6.45, 7) is -0.250. The third-order valence-corrected chi connectivity index (χ3v) is 9.41. The molecule has 0 radical (unpaired) electrons. The lowest BCUT2D eigenvalue weighted by atomic mass is 9.89. The van der Waals surface area contributed by atoms with Gasteiger partial charge < -0.3 is 15.3 Å². The van der Waals surface area contributed by atoms with Crippen LogP contribution in [0, 0.1) is 17.7 Å². The molecule has 2 saturated carbocycles. The molecule has 0 amide bonds. The van der Waals surface area contributed by atoms with Crippen LogP contribution in [0.4, 0.5) is 15.2 Å². The van der Waals surface area contributed by atoms with Crippen LogP contribution in [0.5, 0.6) is 0 Å². The third-order valence-electron chi connectivity index (χ3n) is 5.80. The minimum Gasteiger partial charge on any atom is -0.483 e. The minimum absolute atomic E-state index is 0.0616. The van der Waals surface area contributed by atoms with Crippen molar-refractivity contribution in [3.8, 4) is 0 Å².